The Bertz CT molecular complexity index is 1760. The number of nitrogens with zero attached hydrogens (tertiary/aromatic N) is 5. The van der Waals surface area contributed by atoms with Gasteiger partial charge in [0.15, 0.2) is 0 Å². The molecule has 1 N–H and O–H groups in total. The van der Waals surface area contributed by atoms with Crippen molar-refractivity contribution in [1.29, 1.82) is 0 Å². The van der Waals surface area contributed by atoms with E-state index in [0.717, 1.165) is 30.4 Å². The molecule has 2 aliphatic rings. The lowest BCUT2D eigenvalue weighted by molar-refractivity contribution is 0.0507. The van der Waals surface area contributed by atoms with Crippen LogP contribution < -0.4 is 4.90 Å². The number of piperazine rings is 1. The van der Waals surface area contributed by atoms with Gasteiger partial charge in [-0.2, -0.15) is 0 Å². The monoisotopic (exact) mass is 619 g/mol. The largest absolute Gasteiger partial charge is 0.478 e. The maximum absolute atomic E-state index is 14.4. The second-order valence-corrected chi connectivity index (χ2v) is 12.7. The highest BCUT2D eigenvalue weighted by molar-refractivity contribution is 6.30. The number of hydrogen-bond acceptors (Lipinski definition) is 6. The van der Waals surface area contributed by atoms with Crippen molar-refractivity contribution in [2.45, 2.75) is 58.7 Å². The van der Waals surface area contributed by atoms with E-state index in [9.17, 15) is 19.1 Å². The molecule has 2 aliphatic heterocycles. The maximum atomic E-state index is 14.4. The number of carboxylic acids is 1. The standard InChI is InChI=1S/C33H35ClFN5O4/c1-19-14-28(36-20(2)29(19)32(42)43)38-11-12-40(33(3,4)18-38)31(41)27-10-8-23-24(21-7-9-25(34)26(35)15-21)17-39(30(23)37-27)16-22-6-5-13-44-22/h7-10,14-15,17,22H,5-6,11-13,16,18H2,1-4H3,(H,42,43)/t22-/m0/s1. The predicted octanol–water partition coefficient (Wildman–Crippen LogP) is 6.13. The van der Waals surface area contributed by atoms with Crippen LogP contribution in [-0.4, -0.2) is 74.3 Å². The van der Waals surface area contributed by atoms with Crippen LogP contribution in [0.15, 0.2) is 42.6 Å². The van der Waals surface area contributed by atoms with Gasteiger partial charge < -0.3 is 24.2 Å². The van der Waals surface area contributed by atoms with Gasteiger partial charge in [0, 0.05) is 43.4 Å². The SMILES string of the molecule is Cc1cc(N2CCN(C(=O)c3ccc4c(-c5ccc(Cl)c(F)c5)cn(C[C@@H]5CCCO5)c4n3)C(C)(C)C2)nc(C)c1C(=O)O. The van der Waals surface area contributed by atoms with Crippen LogP contribution >= 0.6 is 11.6 Å². The lowest BCUT2D eigenvalue weighted by atomic mass is 9.97. The fourth-order valence-electron chi connectivity index (χ4n) is 6.49. The predicted molar refractivity (Wildman–Crippen MR) is 167 cm³/mol. The number of aromatic nitrogens is 3. The normalized spacial score (nSPS) is 18.3. The van der Waals surface area contributed by atoms with E-state index in [4.69, 9.17) is 21.3 Å². The number of carbonyl (C=O) groups is 2. The van der Waals surface area contributed by atoms with Crippen LogP contribution in [0, 0.1) is 19.7 Å². The van der Waals surface area contributed by atoms with Crippen LogP contribution in [0.4, 0.5) is 10.2 Å². The molecule has 0 spiro atoms. The van der Waals surface area contributed by atoms with Crippen LogP contribution in [-0.2, 0) is 11.3 Å². The first-order valence-corrected chi connectivity index (χ1v) is 15.2. The van der Waals surface area contributed by atoms with Crippen LogP contribution in [0.1, 0.15) is 58.8 Å². The third-order valence-corrected chi connectivity index (χ3v) is 8.97. The number of benzene rings is 1. The van der Waals surface area contributed by atoms with Crippen molar-refractivity contribution in [3.8, 4) is 11.1 Å². The van der Waals surface area contributed by atoms with E-state index in [1.807, 2.05) is 35.6 Å². The minimum Gasteiger partial charge on any atom is -0.478 e. The van der Waals surface area contributed by atoms with E-state index >= 15 is 0 Å². The number of pyridine rings is 2. The zero-order chi connectivity index (χ0) is 31.3. The van der Waals surface area contributed by atoms with E-state index in [1.165, 1.54) is 6.07 Å². The average Bonchev–Trinajstić information content (AvgIpc) is 3.61. The second-order valence-electron chi connectivity index (χ2n) is 12.3. The van der Waals surface area contributed by atoms with E-state index in [-0.39, 0.29) is 22.6 Å². The number of fused-ring (bicyclic) bond motifs is 1. The lowest BCUT2D eigenvalue weighted by Crippen LogP contribution is -2.61. The summed E-state index contributed by atoms with van der Waals surface area (Å²) < 4.78 is 22.3. The molecule has 1 atom stereocenters. The van der Waals surface area contributed by atoms with Gasteiger partial charge in [-0.05, 0) is 82.0 Å². The number of rotatable bonds is 6. The van der Waals surface area contributed by atoms with Gasteiger partial charge in [-0.15, -0.1) is 0 Å². The summed E-state index contributed by atoms with van der Waals surface area (Å²) in [5.74, 6) is -0.970. The Kier molecular flexibility index (Phi) is 7.83. The van der Waals surface area contributed by atoms with Crippen molar-refractivity contribution in [3.63, 3.8) is 0 Å². The molecule has 4 aromatic rings. The molecule has 230 valence electrons. The van der Waals surface area contributed by atoms with Gasteiger partial charge in [-0.1, -0.05) is 17.7 Å². The van der Waals surface area contributed by atoms with Crippen molar-refractivity contribution in [1.82, 2.24) is 19.4 Å². The second kappa shape index (κ2) is 11.5. The number of halogens is 2. The van der Waals surface area contributed by atoms with Gasteiger partial charge >= 0.3 is 5.97 Å². The molecule has 0 radical (unpaired) electrons. The molecular weight excluding hydrogens is 585 g/mol. The number of amides is 1. The van der Waals surface area contributed by atoms with Crippen LogP contribution in [0.3, 0.4) is 0 Å². The summed E-state index contributed by atoms with van der Waals surface area (Å²) in [5, 5.41) is 10.4. The molecule has 0 unspecified atom stereocenters. The van der Waals surface area contributed by atoms with Gasteiger partial charge in [-0.3, -0.25) is 4.79 Å². The van der Waals surface area contributed by atoms with Gasteiger partial charge in [0.2, 0.25) is 0 Å². The van der Waals surface area contributed by atoms with Crippen molar-refractivity contribution in [3.05, 3.63) is 75.9 Å². The Morgan fingerprint density at radius 1 is 1.14 bits per heavy atom. The van der Waals surface area contributed by atoms with Crippen molar-refractivity contribution >= 4 is 40.3 Å². The molecular formula is C33H35ClFN5O4. The molecule has 2 fully saturated rings. The fourth-order valence-corrected chi connectivity index (χ4v) is 6.60. The summed E-state index contributed by atoms with van der Waals surface area (Å²) in [6, 6.07) is 10.2. The average molecular weight is 620 g/mol. The van der Waals surface area contributed by atoms with Gasteiger partial charge in [0.1, 0.15) is 23.0 Å². The quantitative estimate of drug-likeness (QED) is 0.277. The molecule has 6 rings (SSSR count). The zero-order valence-corrected chi connectivity index (χ0v) is 26.0. The van der Waals surface area contributed by atoms with Gasteiger partial charge in [0.25, 0.3) is 5.91 Å². The Hall–Kier alpha value is -4.02. The molecule has 0 aliphatic carbocycles. The van der Waals surface area contributed by atoms with Gasteiger partial charge in [0.05, 0.1) is 34.5 Å². The summed E-state index contributed by atoms with van der Waals surface area (Å²) in [7, 11) is 0. The van der Waals surface area contributed by atoms with Crippen LogP contribution in [0.25, 0.3) is 22.2 Å². The Labute approximate surface area is 260 Å². The first-order chi connectivity index (χ1) is 20.9. The number of anilines is 1. The summed E-state index contributed by atoms with van der Waals surface area (Å²) in [6.45, 7) is 10.3. The number of ether oxygens (including phenoxy) is 1. The number of carboxylic acid groups (broad SMARTS) is 1. The smallest absolute Gasteiger partial charge is 0.337 e. The highest BCUT2D eigenvalue weighted by atomic mass is 35.5. The topological polar surface area (TPSA) is 101 Å². The number of carbonyl (C=O) groups excluding carboxylic acids is 1. The lowest BCUT2D eigenvalue weighted by Gasteiger charge is -2.47. The number of hydrogen-bond donors (Lipinski definition) is 1. The van der Waals surface area contributed by atoms with E-state index < -0.39 is 17.3 Å². The van der Waals surface area contributed by atoms with Gasteiger partial charge in [-0.25, -0.2) is 19.2 Å². The number of aromatic carboxylic acids is 1. The molecule has 11 heteroatoms. The Morgan fingerprint density at radius 3 is 2.59 bits per heavy atom. The van der Waals surface area contributed by atoms with Crippen molar-refractivity contribution < 1.29 is 23.8 Å². The highest BCUT2D eigenvalue weighted by Crippen LogP contribution is 2.34. The first-order valence-electron chi connectivity index (χ1n) is 14.8. The summed E-state index contributed by atoms with van der Waals surface area (Å²) in [5.41, 5.74) is 3.23. The van der Waals surface area contributed by atoms with E-state index in [2.05, 4.69) is 9.88 Å². The molecule has 2 saturated heterocycles. The van der Waals surface area contributed by atoms with Crippen LogP contribution in [0.5, 0.6) is 0 Å². The van der Waals surface area contributed by atoms with Crippen molar-refractivity contribution in [2.24, 2.45) is 0 Å². The molecule has 1 amide bonds. The molecule has 3 aromatic heterocycles. The molecule has 44 heavy (non-hydrogen) atoms. The molecule has 0 saturated carbocycles. The van der Waals surface area contributed by atoms with E-state index in [0.29, 0.717) is 60.2 Å². The van der Waals surface area contributed by atoms with E-state index in [1.54, 1.807) is 38.1 Å². The van der Waals surface area contributed by atoms with Crippen molar-refractivity contribution in [2.75, 3.05) is 31.1 Å². The highest BCUT2D eigenvalue weighted by Gasteiger charge is 2.38. The molecule has 9 nitrogen and oxygen atoms in total. The fraction of sp³-hybridized carbons (Fsp3) is 0.394. The molecule has 0 bridgehead atoms. The minimum absolute atomic E-state index is 0.0408. The first kappa shape index (κ1) is 30.0. The zero-order valence-electron chi connectivity index (χ0n) is 25.2. The Balaban J connectivity index is 1.30. The minimum atomic E-state index is -0.992. The number of aryl methyl sites for hydroxylation is 2. The summed E-state index contributed by atoms with van der Waals surface area (Å²) in [4.78, 5) is 39.1. The third kappa shape index (κ3) is 5.52. The third-order valence-electron chi connectivity index (χ3n) is 8.67. The summed E-state index contributed by atoms with van der Waals surface area (Å²) in [6.07, 6.45) is 3.93. The summed E-state index contributed by atoms with van der Waals surface area (Å²) >= 11 is 5.95. The van der Waals surface area contributed by atoms with Crippen LogP contribution in [0.2, 0.25) is 5.02 Å². The Morgan fingerprint density at radius 2 is 1.93 bits per heavy atom. The molecule has 1 aromatic carbocycles. The molecule has 5 heterocycles. The maximum Gasteiger partial charge on any atom is 0.337 e.